The first-order valence-corrected chi connectivity index (χ1v) is 6.16. The molecule has 5 nitrogen and oxygen atoms in total. The molecule has 1 aromatic carbocycles. The van der Waals surface area contributed by atoms with E-state index in [0.29, 0.717) is 11.9 Å². The highest BCUT2D eigenvalue weighted by molar-refractivity contribution is 5.44. The van der Waals surface area contributed by atoms with Gasteiger partial charge in [-0.25, -0.2) is 4.98 Å². The van der Waals surface area contributed by atoms with Crippen LogP contribution >= 0.6 is 0 Å². The van der Waals surface area contributed by atoms with Gasteiger partial charge in [-0.05, 0) is 30.0 Å². The second-order valence-corrected chi connectivity index (χ2v) is 4.68. The Morgan fingerprint density at radius 2 is 1.84 bits per heavy atom. The first-order chi connectivity index (χ1) is 9.22. The van der Waals surface area contributed by atoms with Gasteiger partial charge in [0.15, 0.2) is 0 Å². The van der Waals surface area contributed by atoms with Crippen molar-refractivity contribution in [3.8, 4) is 0 Å². The molecular formula is C14H13N3O2. The fourth-order valence-corrected chi connectivity index (χ4v) is 2.45. The van der Waals surface area contributed by atoms with Crippen molar-refractivity contribution in [2.75, 3.05) is 5.32 Å². The van der Waals surface area contributed by atoms with Crippen LogP contribution in [0.15, 0.2) is 42.6 Å². The number of anilines is 1. The van der Waals surface area contributed by atoms with Crippen LogP contribution in [0.5, 0.6) is 0 Å². The van der Waals surface area contributed by atoms with Gasteiger partial charge in [0, 0.05) is 12.1 Å². The molecule has 1 aliphatic rings. The van der Waals surface area contributed by atoms with E-state index in [4.69, 9.17) is 0 Å². The molecule has 0 fully saturated rings. The van der Waals surface area contributed by atoms with Gasteiger partial charge >= 0.3 is 0 Å². The number of pyridine rings is 1. The minimum Gasteiger partial charge on any atom is -0.367 e. The molecule has 96 valence electrons. The predicted molar refractivity (Wildman–Crippen MR) is 72.2 cm³/mol. The summed E-state index contributed by atoms with van der Waals surface area (Å²) in [5.41, 5.74) is 2.74. The molecule has 0 radical (unpaired) electrons. The van der Waals surface area contributed by atoms with Crippen molar-refractivity contribution >= 4 is 11.5 Å². The highest BCUT2D eigenvalue weighted by Gasteiger charge is 2.21. The van der Waals surface area contributed by atoms with Gasteiger partial charge in [-0.15, -0.1) is 0 Å². The predicted octanol–water partition coefficient (Wildman–Crippen LogP) is 2.57. The standard InChI is InChI=1S/C14H13N3O2/c18-17(19)13-5-6-14(15-9-13)16-12-7-10-3-1-2-4-11(10)8-12/h1-6,9,12H,7-8H2,(H,15,16). The molecule has 1 N–H and O–H groups in total. The summed E-state index contributed by atoms with van der Waals surface area (Å²) in [6.07, 6.45) is 3.22. The average molecular weight is 255 g/mol. The molecule has 19 heavy (non-hydrogen) atoms. The molecule has 0 atom stereocenters. The van der Waals surface area contributed by atoms with Crippen molar-refractivity contribution in [2.24, 2.45) is 0 Å². The highest BCUT2D eigenvalue weighted by Crippen LogP contribution is 2.24. The van der Waals surface area contributed by atoms with Crippen molar-refractivity contribution in [2.45, 2.75) is 18.9 Å². The Hall–Kier alpha value is -2.43. The topological polar surface area (TPSA) is 68.1 Å². The van der Waals surface area contributed by atoms with Gasteiger partial charge in [-0.1, -0.05) is 24.3 Å². The Morgan fingerprint density at radius 1 is 1.16 bits per heavy atom. The number of hydrogen-bond donors (Lipinski definition) is 1. The van der Waals surface area contributed by atoms with Crippen LogP contribution in [0.3, 0.4) is 0 Å². The Bertz CT molecular complexity index is 585. The number of fused-ring (bicyclic) bond motifs is 1. The second-order valence-electron chi connectivity index (χ2n) is 4.68. The zero-order valence-electron chi connectivity index (χ0n) is 10.2. The lowest BCUT2D eigenvalue weighted by Gasteiger charge is -2.12. The Kier molecular flexibility index (Phi) is 2.87. The molecule has 0 unspecified atom stereocenters. The van der Waals surface area contributed by atoms with Crippen molar-refractivity contribution < 1.29 is 4.92 Å². The van der Waals surface area contributed by atoms with Crippen molar-refractivity contribution in [1.82, 2.24) is 4.98 Å². The largest absolute Gasteiger partial charge is 0.367 e. The summed E-state index contributed by atoms with van der Waals surface area (Å²) in [4.78, 5) is 14.2. The fraction of sp³-hybridized carbons (Fsp3) is 0.214. The summed E-state index contributed by atoms with van der Waals surface area (Å²) in [5, 5.41) is 13.9. The van der Waals surface area contributed by atoms with Crippen LogP contribution in [-0.2, 0) is 12.8 Å². The summed E-state index contributed by atoms with van der Waals surface area (Å²) in [6, 6.07) is 11.8. The molecule has 0 aliphatic heterocycles. The first kappa shape index (κ1) is 11.6. The summed E-state index contributed by atoms with van der Waals surface area (Å²) < 4.78 is 0. The third kappa shape index (κ3) is 2.40. The molecule has 3 rings (SSSR count). The molecule has 0 saturated carbocycles. The van der Waals surface area contributed by atoms with E-state index in [1.807, 2.05) is 12.1 Å². The smallest absolute Gasteiger partial charge is 0.287 e. The van der Waals surface area contributed by atoms with Gasteiger partial charge < -0.3 is 5.32 Å². The molecule has 0 saturated heterocycles. The van der Waals surface area contributed by atoms with E-state index in [0.717, 1.165) is 12.8 Å². The van der Waals surface area contributed by atoms with Gasteiger partial charge in [-0.2, -0.15) is 0 Å². The van der Waals surface area contributed by atoms with Crippen molar-refractivity contribution in [1.29, 1.82) is 0 Å². The van der Waals surface area contributed by atoms with Gasteiger partial charge in [0.2, 0.25) is 0 Å². The third-order valence-electron chi connectivity index (χ3n) is 3.36. The number of nitro groups is 1. The molecule has 1 aliphatic carbocycles. The second kappa shape index (κ2) is 4.68. The van der Waals surface area contributed by atoms with E-state index < -0.39 is 4.92 Å². The molecule has 5 heteroatoms. The average Bonchev–Trinajstić information content (AvgIpc) is 2.81. The van der Waals surface area contributed by atoms with E-state index in [1.165, 1.54) is 23.4 Å². The number of aromatic nitrogens is 1. The number of hydrogen-bond acceptors (Lipinski definition) is 4. The quantitative estimate of drug-likeness (QED) is 0.676. The zero-order valence-corrected chi connectivity index (χ0v) is 10.2. The van der Waals surface area contributed by atoms with Gasteiger partial charge in [0.1, 0.15) is 12.0 Å². The highest BCUT2D eigenvalue weighted by atomic mass is 16.6. The maximum atomic E-state index is 10.6. The van der Waals surface area contributed by atoms with Crippen LogP contribution in [-0.4, -0.2) is 15.9 Å². The fourth-order valence-electron chi connectivity index (χ4n) is 2.45. The molecule has 2 aromatic rings. The number of benzene rings is 1. The zero-order chi connectivity index (χ0) is 13.2. The summed E-state index contributed by atoms with van der Waals surface area (Å²) in [7, 11) is 0. The number of rotatable bonds is 3. The van der Waals surface area contributed by atoms with E-state index in [1.54, 1.807) is 6.07 Å². The van der Waals surface area contributed by atoms with Crippen LogP contribution in [0.1, 0.15) is 11.1 Å². The van der Waals surface area contributed by atoms with Crippen molar-refractivity contribution in [3.63, 3.8) is 0 Å². The van der Waals surface area contributed by atoms with Crippen LogP contribution in [0.4, 0.5) is 11.5 Å². The first-order valence-electron chi connectivity index (χ1n) is 6.16. The minimum atomic E-state index is -0.442. The normalized spacial score (nSPS) is 14.1. The summed E-state index contributed by atoms with van der Waals surface area (Å²) in [6.45, 7) is 0. The minimum absolute atomic E-state index is 0.0141. The Labute approximate surface area is 110 Å². The lowest BCUT2D eigenvalue weighted by molar-refractivity contribution is -0.385. The van der Waals surface area contributed by atoms with Crippen LogP contribution in [0.2, 0.25) is 0 Å². The van der Waals surface area contributed by atoms with E-state index in [2.05, 4.69) is 22.4 Å². The van der Waals surface area contributed by atoms with Crippen LogP contribution in [0, 0.1) is 10.1 Å². The van der Waals surface area contributed by atoms with Crippen LogP contribution < -0.4 is 5.32 Å². The third-order valence-corrected chi connectivity index (χ3v) is 3.36. The lowest BCUT2D eigenvalue weighted by Crippen LogP contribution is -2.20. The maximum Gasteiger partial charge on any atom is 0.287 e. The molecule has 0 amide bonds. The van der Waals surface area contributed by atoms with Crippen molar-refractivity contribution in [3.05, 3.63) is 63.8 Å². The SMILES string of the molecule is O=[N+]([O-])c1ccc(NC2Cc3ccccc3C2)nc1. The molecule has 1 heterocycles. The van der Waals surface area contributed by atoms with E-state index >= 15 is 0 Å². The molecular weight excluding hydrogens is 242 g/mol. The number of nitrogens with zero attached hydrogens (tertiary/aromatic N) is 2. The lowest BCUT2D eigenvalue weighted by atomic mass is 10.1. The molecule has 0 bridgehead atoms. The van der Waals surface area contributed by atoms with Gasteiger partial charge in [0.25, 0.3) is 5.69 Å². The van der Waals surface area contributed by atoms with Gasteiger partial charge in [0.05, 0.1) is 4.92 Å². The van der Waals surface area contributed by atoms with E-state index in [9.17, 15) is 10.1 Å². The Balaban J connectivity index is 1.69. The summed E-state index contributed by atoms with van der Waals surface area (Å²) >= 11 is 0. The number of nitrogens with one attached hydrogen (secondary N) is 1. The maximum absolute atomic E-state index is 10.6. The van der Waals surface area contributed by atoms with E-state index in [-0.39, 0.29) is 5.69 Å². The Morgan fingerprint density at radius 3 is 2.37 bits per heavy atom. The molecule has 0 spiro atoms. The summed E-state index contributed by atoms with van der Waals surface area (Å²) in [5.74, 6) is 0.684. The monoisotopic (exact) mass is 255 g/mol. The molecule has 1 aromatic heterocycles. The van der Waals surface area contributed by atoms with Crippen LogP contribution in [0.25, 0.3) is 0 Å². The van der Waals surface area contributed by atoms with Gasteiger partial charge in [-0.3, -0.25) is 10.1 Å².